The lowest BCUT2D eigenvalue weighted by Gasteiger charge is -2.32. The lowest BCUT2D eigenvalue weighted by atomic mass is 10.1. The van der Waals surface area contributed by atoms with Gasteiger partial charge in [-0.1, -0.05) is 11.3 Å². The van der Waals surface area contributed by atoms with Crippen LogP contribution in [0.1, 0.15) is 25.7 Å². The summed E-state index contributed by atoms with van der Waals surface area (Å²) in [5.74, 6) is 0.287. The Morgan fingerprint density at radius 2 is 2.05 bits per heavy atom. The van der Waals surface area contributed by atoms with E-state index >= 15 is 0 Å². The summed E-state index contributed by atoms with van der Waals surface area (Å²) in [6.07, 6.45) is 3.99. The van der Waals surface area contributed by atoms with Crippen LogP contribution in [-0.4, -0.2) is 30.0 Å². The molecular formula is C16H18FN3OS. The minimum absolute atomic E-state index is 0.218. The highest BCUT2D eigenvalue weighted by atomic mass is 32.1. The first kappa shape index (κ1) is 13.9. The van der Waals surface area contributed by atoms with Gasteiger partial charge in [-0.2, -0.15) is 0 Å². The van der Waals surface area contributed by atoms with Gasteiger partial charge in [0.2, 0.25) is 5.91 Å². The van der Waals surface area contributed by atoms with Crippen molar-refractivity contribution in [2.45, 2.75) is 31.7 Å². The molecule has 2 fully saturated rings. The van der Waals surface area contributed by atoms with Crippen molar-refractivity contribution in [2.24, 2.45) is 5.92 Å². The molecule has 1 aliphatic heterocycles. The molecule has 1 amide bonds. The van der Waals surface area contributed by atoms with Crippen molar-refractivity contribution in [3.8, 4) is 0 Å². The minimum atomic E-state index is -0.218. The van der Waals surface area contributed by atoms with Crippen LogP contribution in [0, 0.1) is 11.7 Å². The Bertz CT molecular complexity index is 704. The maximum absolute atomic E-state index is 13.3. The predicted molar refractivity (Wildman–Crippen MR) is 85.7 cm³/mol. The number of nitrogens with one attached hydrogen (secondary N) is 1. The molecule has 0 spiro atoms. The number of fused-ring (bicyclic) bond motifs is 1. The number of hydrogen-bond acceptors (Lipinski definition) is 4. The van der Waals surface area contributed by atoms with Crippen LogP contribution in [0.5, 0.6) is 0 Å². The Hall–Kier alpha value is -1.69. The molecule has 1 saturated carbocycles. The van der Waals surface area contributed by atoms with E-state index in [0.717, 1.165) is 54.1 Å². The molecule has 2 aliphatic rings. The Labute approximate surface area is 132 Å². The Morgan fingerprint density at radius 1 is 1.27 bits per heavy atom. The number of benzene rings is 1. The number of hydrogen-bond donors (Lipinski definition) is 1. The number of carbonyl (C=O) groups is 1. The summed E-state index contributed by atoms with van der Waals surface area (Å²) in [5.41, 5.74) is 0.852. The van der Waals surface area contributed by atoms with E-state index in [0.29, 0.717) is 0 Å². The number of thiazole rings is 1. The standard InChI is InChI=1S/C16H18FN3OS/c17-11-3-4-13-14(9-11)22-16(19-13)20-7-5-12(6-8-20)18-15(21)10-1-2-10/h3-4,9-10,12H,1-2,5-8H2,(H,18,21). The molecule has 4 nitrogen and oxygen atoms in total. The number of carbonyl (C=O) groups excluding carboxylic acids is 1. The molecule has 1 N–H and O–H groups in total. The summed E-state index contributed by atoms with van der Waals surface area (Å²) in [4.78, 5) is 18.6. The fraction of sp³-hybridized carbons (Fsp3) is 0.500. The lowest BCUT2D eigenvalue weighted by molar-refractivity contribution is -0.123. The van der Waals surface area contributed by atoms with Crippen molar-refractivity contribution in [1.82, 2.24) is 10.3 Å². The molecular weight excluding hydrogens is 301 g/mol. The Morgan fingerprint density at radius 3 is 2.77 bits per heavy atom. The second kappa shape index (κ2) is 5.50. The van der Waals surface area contributed by atoms with Crippen LogP contribution >= 0.6 is 11.3 Å². The molecule has 1 aromatic heterocycles. The molecule has 22 heavy (non-hydrogen) atoms. The quantitative estimate of drug-likeness (QED) is 0.946. The van der Waals surface area contributed by atoms with Crippen molar-refractivity contribution in [1.29, 1.82) is 0 Å². The van der Waals surface area contributed by atoms with Gasteiger partial charge < -0.3 is 10.2 Å². The smallest absolute Gasteiger partial charge is 0.223 e. The average molecular weight is 319 g/mol. The largest absolute Gasteiger partial charge is 0.353 e. The molecule has 0 unspecified atom stereocenters. The van der Waals surface area contributed by atoms with E-state index in [2.05, 4.69) is 15.2 Å². The number of anilines is 1. The van der Waals surface area contributed by atoms with Crippen LogP contribution in [-0.2, 0) is 4.79 Å². The summed E-state index contributed by atoms with van der Waals surface area (Å²) < 4.78 is 14.1. The van der Waals surface area contributed by atoms with Gasteiger partial charge in [0, 0.05) is 25.0 Å². The average Bonchev–Trinajstić information content (AvgIpc) is 3.28. The molecule has 1 aliphatic carbocycles. The second-order valence-corrected chi connectivity index (χ2v) is 7.16. The van der Waals surface area contributed by atoms with Crippen LogP contribution in [0.15, 0.2) is 18.2 Å². The molecule has 2 heterocycles. The number of nitrogens with zero attached hydrogens (tertiary/aromatic N) is 2. The van der Waals surface area contributed by atoms with E-state index in [4.69, 9.17) is 0 Å². The van der Waals surface area contributed by atoms with Crippen LogP contribution in [0.4, 0.5) is 9.52 Å². The molecule has 0 atom stereocenters. The third kappa shape index (κ3) is 2.79. The van der Waals surface area contributed by atoms with Gasteiger partial charge >= 0.3 is 0 Å². The normalized spacial score (nSPS) is 19.6. The van der Waals surface area contributed by atoms with E-state index in [1.165, 1.54) is 17.4 Å². The van der Waals surface area contributed by atoms with Gasteiger partial charge in [0.1, 0.15) is 5.82 Å². The second-order valence-electron chi connectivity index (χ2n) is 6.15. The molecule has 1 saturated heterocycles. The van der Waals surface area contributed by atoms with Crippen molar-refractivity contribution in [2.75, 3.05) is 18.0 Å². The molecule has 0 bridgehead atoms. The zero-order chi connectivity index (χ0) is 15.1. The monoisotopic (exact) mass is 319 g/mol. The zero-order valence-corrected chi connectivity index (χ0v) is 13.0. The van der Waals surface area contributed by atoms with Crippen LogP contribution in [0.2, 0.25) is 0 Å². The maximum Gasteiger partial charge on any atom is 0.223 e. The van der Waals surface area contributed by atoms with Gasteiger partial charge in [-0.05, 0) is 43.9 Å². The molecule has 4 rings (SSSR count). The first-order valence-electron chi connectivity index (χ1n) is 7.80. The van der Waals surface area contributed by atoms with E-state index in [9.17, 15) is 9.18 Å². The fourth-order valence-electron chi connectivity index (χ4n) is 2.90. The van der Waals surface area contributed by atoms with Gasteiger partial charge in [0.05, 0.1) is 10.2 Å². The van der Waals surface area contributed by atoms with Crippen molar-refractivity contribution in [3.63, 3.8) is 0 Å². The topological polar surface area (TPSA) is 45.2 Å². The van der Waals surface area contributed by atoms with E-state index in [1.54, 1.807) is 12.1 Å². The summed E-state index contributed by atoms with van der Waals surface area (Å²) in [5, 5.41) is 4.11. The Kier molecular flexibility index (Phi) is 3.48. The predicted octanol–water partition coefficient (Wildman–Crippen LogP) is 2.93. The maximum atomic E-state index is 13.3. The number of piperidine rings is 1. The summed E-state index contributed by atoms with van der Waals surface area (Å²) in [7, 11) is 0. The molecule has 2 aromatic rings. The highest BCUT2D eigenvalue weighted by Crippen LogP contribution is 2.32. The fourth-order valence-corrected chi connectivity index (χ4v) is 3.94. The number of aromatic nitrogens is 1. The first-order chi connectivity index (χ1) is 10.7. The van der Waals surface area contributed by atoms with Gasteiger partial charge in [0.15, 0.2) is 5.13 Å². The third-order valence-electron chi connectivity index (χ3n) is 4.40. The van der Waals surface area contributed by atoms with E-state index < -0.39 is 0 Å². The van der Waals surface area contributed by atoms with Crippen molar-refractivity contribution >= 4 is 32.6 Å². The van der Waals surface area contributed by atoms with Gasteiger partial charge in [-0.3, -0.25) is 4.79 Å². The van der Waals surface area contributed by atoms with Gasteiger partial charge in [0.25, 0.3) is 0 Å². The first-order valence-corrected chi connectivity index (χ1v) is 8.62. The Balaban J connectivity index is 1.40. The zero-order valence-electron chi connectivity index (χ0n) is 12.2. The van der Waals surface area contributed by atoms with Crippen LogP contribution in [0.3, 0.4) is 0 Å². The van der Waals surface area contributed by atoms with Gasteiger partial charge in [-0.15, -0.1) is 0 Å². The molecule has 116 valence electrons. The SMILES string of the molecule is O=C(NC1CCN(c2nc3ccc(F)cc3s2)CC1)C1CC1. The summed E-state index contributed by atoms with van der Waals surface area (Å²) in [6, 6.07) is 5.01. The molecule has 6 heteroatoms. The van der Waals surface area contributed by atoms with E-state index in [1.807, 2.05) is 0 Å². The number of amides is 1. The van der Waals surface area contributed by atoms with E-state index in [-0.39, 0.29) is 23.7 Å². The van der Waals surface area contributed by atoms with Crippen molar-refractivity contribution in [3.05, 3.63) is 24.0 Å². The summed E-state index contributed by atoms with van der Waals surface area (Å²) in [6.45, 7) is 1.77. The van der Waals surface area contributed by atoms with Crippen LogP contribution < -0.4 is 10.2 Å². The molecule has 1 aromatic carbocycles. The third-order valence-corrected chi connectivity index (χ3v) is 5.48. The van der Waals surface area contributed by atoms with Gasteiger partial charge in [-0.25, -0.2) is 9.37 Å². The summed E-state index contributed by atoms with van der Waals surface area (Å²) >= 11 is 1.54. The highest BCUT2D eigenvalue weighted by Gasteiger charge is 2.32. The van der Waals surface area contributed by atoms with Crippen molar-refractivity contribution < 1.29 is 9.18 Å². The number of halogens is 1. The lowest BCUT2D eigenvalue weighted by Crippen LogP contribution is -2.45. The minimum Gasteiger partial charge on any atom is -0.353 e. The molecule has 0 radical (unpaired) electrons. The van der Waals surface area contributed by atoms with Crippen LogP contribution in [0.25, 0.3) is 10.2 Å². The highest BCUT2D eigenvalue weighted by molar-refractivity contribution is 7.22. The number of rotatable bonds is 3.